The third-order valence-corrected chi connectivity index (χ3v) is 5.23. The summed E-state index contributed by atoms with van der Waals surface area (Å²) in [6, 6.07) is 15.9. The molecule has 1 aromatic heterocycles. The lowest BCUT2D eigenvalue weighted by molar-refractivity contribution is -0.121. The molecule has 0 aliphatic carbocycles. The molecule has 0 saturated carbocycles. The maximum absolute atomic E-state index is 12.2. The Balaban J connectivity index is 1.27. The highest BCUT2D eigenvalue weighted by atomic mass is 32.1. The van der Waals surface area contributed by atoms with E-state index in [2.05, 4.69) is 10.3 Å². The molecule has 2 heterocycles. The van der Waals surface area contributed by atoms with Crippen LogP contribution in [0.1, 0.15) is 17.7 Å². The largest absolute Gasteiger partial charge is 0.486 e. The molecular formula is C21H20N2O3S. The molecule has 27 heavy (non-hydrogen) atoms. The number of carbonyl (C=O) groups is 1. The smallest absolute Gasteiger partial charge is 0.220 e. The summed E-state index contributed by atoms with van der Waals surface area (Å²) in [7, 11) is 0. The molecule has 2 aromatic carbocycles. The lowest BCUT2D eigenvalue weighted by atomic mass is 10.1. The predicted molar refractivity (Wildman–Crippen MR) is 105 cm³/mol. The van der Waals surface area contributed by atoms with Gasteiger partial charge in [-0.15, -0.1) is 11.3 Å². The molecular weight excluding hydrogens is 360 g/mol. The van der Waals surface area contributed by atoms with Crippen molar-refractivity contribution < 1.29 is 14.3 Å². The first-order chi connectivity index (χ1) is 13.3. The van der Waals surface area contributed by atoms with Gasteiger partial charge in [0, 0.05) is 17.4 Å². The van der Waals surface area contributed by atoms with Gasteiger partial charge in [0.2, 0.25) is 5.91 Å². The number of aromatic nitrogens is 1. The average Bonchev–Trinajstić information content (AvgIpc) is 3.20. The van der Waals surface area contributed by atoms with E-state index in [0.29, 0.717) is 32.6 Å². The number of carbonyl (C=O) groups excluding carboxylic acids is 1. The van der Waals surface area contributed by atoms with E-state index in [4.69, 9.17) is 9.47 Å². The maximum Gasteiger partial charge on any atom is 0.220 e. The van der Waals surface area contributed by atoms with Gasteiger partial charge in [-0.2, -0.15) is 0 Å². The fourth-order valence-corrected chi connectivity index (χ4v) is 3.71. The number of amides is 1. The van der Waals surface area contributed by atoms with E-state index in [9.17, 15) is 4.79 Å². The van der Waals surface area contributed by atoms with Crippen molar-refractivity contribution in [2.45, 2.75) is 19.4 Å². The number of hydrogen-bond donors (Lipinski definition) is 1. The van der Waals surface area contributed by atoms with Crippen LogP contribution in [0.25, 0.3) is 10.6 Å². The average molecular weight is 380 g/mol. The molecule has 0 atom stereocenters. The fourth-order valence-electron chi connectivity index (χ4n) is 2.88. The van der Waals surface area contributed by atoms with Crippen molar-refractivity contribution in [1.29, 1.82) is 0 Å². The zero-order valence-electron chi connectivity index (χ0n) is 14.8. The Morgan fingerprint density at radius 1 is 1.07 bits per heavy atom. The predicted octanol–water partition coefficient (Wildman–Crippen LogP) is 3.83. The van der Waals surface area contributed by atoms with Gasteiger partial charge in [0.05, 0.1) is 12.2 Å². The number of nitrogens with zero attached hydrogens (tertiary/aromatic N) is 1. The summed E-state index contributed by atoms with van der Waals surface area (Å²) in [5.41, 5.74) is 3.04. The van der Waals surface area contributed by atoms with Gasteiger partial charge in [-0.1, -0.05) is 36.4 Å². The summed E-state index contributed by atoms with van der Waals surface area (Å²) in [6.07, 6.45) is 1.09. The molecule has 4 rings (SSSR count). The van der Waals surface area contributed by atoms with Crippen LogP contribution in [0.15, 0.2) is 53.9 Å². The van der Waals surface area contributed by atoms with Crippen LogP contribution in [0.2, 0.25) is 0 Å². The summed E-state index contributed by atoms with van der Waals surface area (Å²) in [5, 5.41) is 5.90. The summed E-state index contributed by atoms with van der Waals surface area (Å²) < 4.78 is 11.1. The standard InChI is InChI=1S/C21H20N2O3S/c24-20(9-7-15-6-8-18-19(12-15)26-11-10-25-18)22-13-17-14-27-21(23-17)16-4-2-1-3-5-16/h1-6,8,12,14H,7,9-11,13H2,(H,22,24). The van der Waals surface area contributed by atoms with Gasteiger partial charge in [-0.3, -0.25) is 4.79 Å². The normalized spacial score (nSPS) is 12.6. The lowest BCUT2D eigenvalue weighted by Gasteiger charge is -2.18. The zero-order chi connectivity index (χ0) is 18.5. The molecule has 1 aliphatic rings. The second-order valence-corrected chi connectivity index (χ2v) is 7.12. The Kier molecular flexibility index (Phi) is 5.34. The first-order valence-electron chi connectivity index (χ1n) is 8.93. The fraction of sp³-hybridized carbons (Fsp3) is 0.238. The minimum absolute atomic E-state index is 0.0131. The van der Waals surface area contributed by atoms with Gasteiger partial charge >= 0.3 is 0 Å². The van der Waals surface area contributed by atoms with Crippen molar-refractivity contribution in [3.8, 4) is 22.1 Å². The quantitative estimate of drug-likeness (QED) is 0.706. The topological polar surface area (TPSA) is 60.5 Å². The summed E-state index contributed by atoms with van der Waals surface area (Å²) in [5.74, 6) is 1.54. The van der Waals surface area contributed by atoms with Gasteiger partial charge in [-0.25, -0.2) is 4.98 Å². The first kappa shape index (κ1) is 17.5. The van der Waals surface area contributed by atoms with Crippen molar-refractivity contribution in [2.24, 2.45) is 0 Å². The molecule has 0 unspecified atom stereocenters. The van der Waals surface area contributed by atoms with Crippen LogP contribution < -0.4 is 14.8 Å². The third kappa shape index (κ3) is 4.46. The van der Waals surface area contributed by atoms with E-state index >= 15 is 0 Å². The molecule has 5 nitrogen and oxygen atoms in total. The van der Waals surface area contributed by atoms with Crippen molar-refractivity contribution in [2.75, 3.05) is 13.2 Å². The highest BCUT2D eigenvalue weighted by molar-refractivity contribution is 7.13. The number of fused-ring (bicyclic) bond motifs is 1. The van der Waals surface area contributed by atoms with Crippen molar-refractivity contribution in [3.05, 3.63) is 65.2 Å². The van der Waals surface area contributed by atoms with Gasteiger partial charge in [0.25, 0.3) is 0 Å². The SMILES string of the molecule is O=C(CCc1ccc2c(c1)OCCO2)NCc1csc(-c2ccccc2)n1. The first-order valence-corrected chi connectivity index (χ1v) is 9.81. The summed E-state index contributed by atoms with van der Waals surface area (Å²) in [4.78, 5) is 16.8. The molecule has 0 saturated heterocycles. The van der Waals surface area contributed by atoms with Gasteiger partial charge in [0.1, 0.15) is 18.2 Å². The monoisotopic (exact) mass is 380 g/mol. The number of ether oxygens (including phenoxy) is 2. The minimum Gasteiger partial charge on any atom is -0.486 e. The van der Waals surface area contributed by atoms with Crippen LogP contribution >= 0.6 is 11.3 Å². The van der Waals surface area contributed by atoms with Crippen LogP contribution in [0.3, 0.4) is 0 Å². The Morgan fingerprint density at radius 2 is 1.89 bits per heavy atom. The van der Waals surface area contributed by atoms with Crippen molar-refractivity contribution >= 4 is 17.2 Å². The Hall–Kier alpha value is -2.86. The van der Waals surface area contributed by atoms with Crippen molar-refractivity contribution in [3.63, 3.8) is 0 Å². The maximum atomic E-state index is 12.2. The van der Waals surface area contributed by atoms with Gasteiger partial charge in [-0.05, 0) is 24.1 Å². The lowest BCUT2D eigenvalue weighted by Crippen LogP contribution is -2.23. The van der Waals surface area contributed by atoms with Crippen LogP contribution in [-0.4, -0.2) is 24.1 Å². The molecule has 0 radical (unpaired) electrons. The minimum atomic E-state index is 0.0131. The van der Waals surface area contributed by atoms with E-state index in [-0.39, 0.29) is 5.91 Å². The molecule has 1 N–H and O–H groups in total. The van der Waals surface area contributed by atoms with Crippen molar-refractivity contribution in [1.82, 2.24) is 10.3 Å². The summed E-state index contributed by atoms with van der Waals surface area (Å²) >= 11 is 1.59. The number of nitrogens with one attached hydrogen (secondary N) is 1. The number of benzene rings is 2. The molecule has 1 amide bonds. The Bertz CT molecular complexity index is 924. The summed E-state index contributed by atoms with van der Waals surface area (Å²) in [6.45, 7) is 1.59. The number of hydrogen-bond acceptors (Lipinski definition) is 5. The van der Waals surface area contributed by atoms with Gasteiger partial charge in [0.15, 0.2) is 11.5 Å². The molecule has 0 fully saturated rings. The van der Waals surface area contributed by atoms with E-state index in [1.807, 2.05) is 53.9 Å². The number of thiazole rings is 1. The molecule has 0 spiro atoms. The Morgan fingerprint density at radius 3 is 2.74 bits per heavy atom. The molecule has 6 heteroatoms. The number of rotatable bonds is 6. The molecule has 0 bridgehead atoms. The number of aryl methyl sites for hydroxylation is 1. The second kappa shape index (κ2) is 8.22. The van der Waals surface area contributed by atoms with E-state index < -0.39 is 0 Å². The second-order valence-electron chi connectivity index (χ2n) is 6.26. The van der Waals surface area contributed by atoms with Gasteiger partial charge < -0.3 is 14.8 Å². The Labute approximate surface area is 162 Å². The highest BCUT2D eigenvalue weighted by Gasteiger charge is 2.12. The molecule has 1 aliphatic heterocycles. The highest BCUT2D eigenvalue weighted by Crippen LogP contribution is 2.31. The molecule has 3 aromatic rings. The van der Waals surface area contributed by atoms with Crippen LogP contribution in [0.4, 0.5) is 0 Å². The van der Waals surface area contributed by atoms with Crippen LogP contribution in [0.5, 0.6) is 11.5 Å². The zero-order valence-corrected chi connectivity index (χ0v) is 15.6. The van der Waals surface area contributed by atoms with Crippen LogP contribution in [0, 0.1) is 0 Å². The van der Waals surface area contributed by atoms with E-state index in [1.54, 1.807) is 11.3 Å². The van der Waals surface area contributed by atoms with E-state index in [0.717, 1.165) is 33.3 Å². The molecule has 138 valence electrons. The van der Waals surface area contributed by atoms with E-state index in [1.165, 1.54) is 0 Å². The third-order valence-electron chi connectivity index (χ3n) is 4.29. The van der Waals surface area contributed by atoms with Crippen LogP contribution in [-0.2, 0) is 17.8 Å².